The molecule has 6 nitrogen and oxygen atoms in total. The molecule has 2 aromatic carbocycles. The molecule has 0 aliphatic carbocycles. The van der Waals surface area contributed by atoms with E-state index in [-0.39, 0.29) is 11.9 Å². The predicted molar refractivity (Wildman–Crippen MR) is 122 cm³/mol. The first-order valence-electron chi connectivity index (χ1n) is 10.3. The summed E-state index contributed by atoms with van der Waals surface area (Å²) in [6.45, 7) is 3.98. The fourth-order valence-corrected chi connectivity index (χ4v) is 4.09. The fourth-order valence-electron chi connectivity index (χ4n) is 3.90. The van der Waals surface area contributed by atoms with E-state index in [0.29, 0.717) is 17.1 Å². The van der Waals surface area contributed by atoms with E-state index >= 15 is 0 Å². The maximum Gasteiger partial charge on any atom is 0.251 e. The lowest BCUT2D eigenvalue weighted by Crippen LogP contribution is -2.49. The first-order valence-corrected chi connectivity index (χ1v) is 10.7. The number of halogens is 1. The molecule has 2 heterocycles. The summed E-state index contributed by atoms with van der Waals surface area (Å²) in [5.41, 5.74) is 1.74. The van der Waals surface area contributed by atoms with Gasteiger partial charge in [-0.25, -0.2) is 0 Å². The summed E-state index contributed by atoms with van der Waals surface area (Å²) in [6, 6.07) is 18.9. The molecule has 1 atom stereocenters. The number of ether oxygens (including phenoxy) is 1. The summed E-state index contributed by atoms with van der Waals surface area (Å²) < 4.78 is 11.0. The highest BCUT2D eigenvalue weighted by molar-refractivity contribution is 6.30. The molecule has 3 aromatic rings. The molecule has 1 aromatic heterocycles. The van der Waals surface area contributed by atoms with E-state index in [4.69, 9.17) is 20.8 Å². The van der Waals surface area contributed by atoms with Crippen molar-refractivity contribution in [2.24, 2.45) is 0 Å². The van der Waals surface area contributed by atoms with E-state index in [2.05, 4.69) is 27.2 Å². The molecule has 1 amide bonds. The van der Waals surface area contributed by atoms with Gasteiger partial charge in [0.15, 0.2) is 0 Å². The van der Waals surface area contributed by atoms with Crippen molar-refractivity contribution in [2.45, 2.75) is 6.04 Å². The first kappa shape index (κ1) is 21.3. The maximum atomic E-state index is 12.6. The highest BCUT2D eigenvalue weighted by Crippen LogP contribution is 2.25. The summed E-state index contributed by atoms with van der Waals surface area (Å²) in [5, 5.41) is 3.59. The Hall–Kier alpha value is -2.96. The van der Waals surface area contributed by atoms with Crippen molar-refractivity contribution < 1.29 is 13.9 Å². The zero-order chi connectivity index (χ0) is 21.6. The zero-order valence-corrected chi connectivity index (χ0v) is 18.2. The van der Waals surface area contributed by atoms with E-state index in [1.54, 1.807) is 37.6 Å². The smallest absolute Gasteiger partial charge is 0.251 e. The molecule has 1 N–H and O–H groups in total. The second-order valence-electron chi connectivity index (χ2n) is 7.47. The van der Waals surface area contributed by atoms with Crippen molar-refractivity contribution in [3.63, 3.8) is 0 Å². The molecule has 0 spiro atoms. The van der Waals surface area contributed by atoms with Crippen molar-refractivity contribution in [1.82, 2.24) is 10.2 Å². The number of amides is 1. The third kappa shape index (κ3) is 5.21. The van der Waals surface area contributed by atoms with Crippen LogP contribution < -0.4 is 15.0 Å². The molecule has 1 aliphatic heterocycles. The quantitative estimate of drug-likeness (QED) is 0.596. The third-order valence-electron chi connectivity index (χ3n) is 5.61. The average Bonchev–Trinajstić information content (AvgIpc) is 3.34. The van der Waals surface area contributed by atoms with Gasteiger partial charge in [0.1, 0.15) is 11.5 Å². The second-order valence-corrected chi connectivity index (χ2v) is 7.91. The van der Waals surface area contributed by atoms with Crippen LogP contribution in [0.5, 0.6) is 5.75 Å². The summed E-state index contributed by atoms with van der Waals surface area (Å²) in [5.74, 6) is 1.57. The Morgan fingerprint density at radius 2 is 1.87 bits per heavy atom. The van der Waals surface area contributed by atoms with Crippen LogP contribution in [0, 0.1) is 0 Å². The summed E-state index contributed by atoms with van der Waals surface area (Å²) in [7, 11) is 1.67. The van der Waals surface area contributed by atoms with Gasteiger partial charge in [-0.1, -0.05) is 17.7 Å². The number of hydrogen-bond acceptors (Lipinski definition) is 5. The molecule has 0 saturated carbocycles. The van der Waals surface area contributed by atoms with Gasteiger partial charge < -0.3 is 19.4 Å². The number of nitrogens with zero attached hydrogens (tertiary/aromatic N) is 2. The predicted octanol–water partition coefficient (Wildman–Crippen LogP) is 4.23. The zero-order valence-electron chi connectivity index (χ0n) is 17.5. The number of methoxy groups -OCH3 is 1. The first-order chi connectivity index (χ1) is 15.1. The summed E-state index contributed by atoms with van der Waals surface area (Å²) in [6.07, 6.45) is 1.68. The van der Waals surface area contributed by atoms with Crippen LogP contribution in [0.1, 0.15) is 22.2 Å². The molecule has 1 fully saturated rings. The van der Waals surface area contributed by atoms with Gasteiger partial charge in [-0.3, -0.25) is 9.69 Å². The van der Waals surface area contributed by atoms with Crippen molar-refractivity contribution in [1.29, 1.82) is 0 Å². The van der Waals surface area contributed by atoms with Crippen LogP contribution in [0.3, 0.4) is 0 Å². The number of carbonyl (C=O) groups excluding carboxylic acids is 1. The van der Waals surface area contributed by atoms with Crippen LogP contribution in [-0.4, -0.2) is 50.6 Å². The molecule has 0 radical (unpaired) electrons. The molecule has 162 valence electrons. The van der Waals surface area contributed by atoms with Crippen molar-refractivity contribution in [3.8, 4) is 5.75 Å². The monoisotopic (exact) mass is 439 g/mol. The van der Waals surface area contributed by atoms with Crippen LogP contribution in [0.25, 0.3) is 0 Å². The van der Waals surface area contributed by atoms with Crippen LogP contribution in [0.15, 0.2) is 71.3 Å². The van der Waals surface area contributed by atoms with Gasteiger partial charge in [0.2, 0.25) is 0 Å². The Kier molecular flexibility index (Phi) is 6.79. The lowest BCUT2D eigenvalue weighted by molar-refractivity contribution is 0.0923. The molecule has 1 saturated heterocycles. The number of benzene rings is 2. The fraction of sp³-hybridized carbons (Fsp3) is 0.292. The van der Waals surface area contributed by atoms with Crippen molar-refractivity contribution in [2.75, 3.05) is 44.7 Å². The Morgan fingerprint density at radius 3 is 2.52 bits per heavy atom. The number of furan rings is 1. The van der Waals surface area contributed by atoms with Crippen LogP contribution in [0.2, 0.25) is 5.02 Å². The Morgan fingerprint density at radius 1 is 1.10 bits per heavy atom. The standard InChI is InChI=1S/C24H26ClN3O3/c1-30-21-9-7-20(8-10-21)27-11-13-28(14-12-27)22(23-6-3-15-31-23)17-26-24(29)18-4-2-5-19(25)16-18/h2-10,15-16,22H,11-14,17H2,1H3,(H,26,29)/t22-/m1/s1. The van der Waals surface area contributed by atoms with Gasteiger partial charge in [0, 0.05) is 49.0 Å². The third-order valence-corrected chi connectivity index (χ3v) is 5.84. The molecular formula is C24H26ClN3O3. The number of piperazine rings is 1. The van der Waals surface area contributed by atoms with Gasteiger partial charge in [-0.05, 0) is 54.6 Å². The van der Waals surface area contributed by atoms with Gasteiger partial charge in [-0.2, -0.15) is 0 Å². The van der Waals surface area contributed by atoms with Gasteiger partial charge in [0.05, 0.1) is 19.4 Å². The van der Waals surface area contributed by atoms with E-state index in [0.717, 1.165) is 37.7 Å². The number of carbonyl (C=O) groups is 1. The van der Waals surface area contributed by atoms with Crippen LogP contribution in [0.4, 0.5) is 5.69 Å². The highest BCUT2D eigenvalue weighted by Gasteiger charge is 2.27. The number of anilines is 1. The lowest BCUT2D eigenvalue weighted by Gasteiger charge is -2.39. The Bertz CT molecular complexity index is 984. The average molecular weight is 440 g/mol. The van der Waals surface area contributed by atoms with E-state index < -0.39 is 0 Å². The minimum absolute atomic E-state index is 0.0313. The second kappa shape index (κ2) is 9.90. The molecular weight excluding hydrogens is 414 g/mol. The van der Waals surface area contributed by atoms with Crippen molar-refractivity contribution in [3.05, 3.63) is 83.3 Å². The Labute approximate surface area is 187 Å². The van der Waals surface area contributed by atoms with Gasteiger partial charge in [0.25, 0.3) is 5.91 Å². The van der Waals surface area contributed by atoms with E-state index in [9.17, 15) is 4.79 Å². The van der Waals surface area contributed by atoms with Crippen LogP contribution in [-0.2, 0) is 0 Å². The highest BCUT2D eigenvalue weighted by atomic mass is 35.5. The molecule has 4 rings (SSSR count). The molecule has 0 unspecified atom stereocenters. The molecule has 31 heavy (non-hydrogen) atoms. The Balaban J connectivity index is 1.40. The maximum absolute atomic E-state index is 12.6. The van der Waals surface area contributed by atoms with E-state index in [1.807, 2.05) is 24.3 Å². The number of nitrogens with one attached hydrogen (secondary N) is 1. The van der Waals surface area contributed by atoms with Crippen molar-refractivity contribution >= 4 is 23.2 Å². The lowest BCUT2D eigenvalue weighted by atomic mass is 10.1. The summed E-state index contributed by atoms with van der Waals surface area (Å²) in [4.78, 5) is 17.3. The van der Waals surface area contributed by atoms with E-state index in [1.165, 1.54) is 5.69 Å². The molecule has 1 aliphatic rings. The minimum atomic E-state index is -0.143. The van der Waals surface area contributed by atoms with Gasteiger partial charge in [-0.15, -0.1) is 0 Å². The largest absolute Gasteiger partial charge is 0.497 e. The minimum Gasteiger partial charge on any atom is -0.497 e. The number of hydrogen-bond donors (Lipinski definition) is 1. The van der Waals surface area contributed by atoms with Gasteiger partial charge >= 0.3 is 0 Å². The SMILES string of the molecule is COc1ccc(N2CCN([C@H](CNC(=O)c3cccc(Cl)c3)c3ccco3)CC2)cc1. The number of rotatable bonds is 7. The molecule has 0 bridgehead atoms. The summed E-state index contributed by atoms with van der Waals surface area (Å²) >= 11 is 6.02. The normalized spacial score (nSPS) is 15.5. The molecule has 7 heteroatoms. The van der Waals surface area contributed by atoms with Crippen LogP contribution >= 0.6 is 11.6 Å². The topological polar surface area (TPSA) is 58.0 Å².